The summed E-state index contributed by atoms with van der Waals surface area (Å²) in [5.41, 5.74) is 0.978. The van der Waals surface area contributed by atoms with Crippen LogP contribution < -0.4 is 0 Å². The summed E-state index contributed by atoms with van der Waals surface area (Å²) in [4.78, 5) is 0. The van der Waals surface area contributed by atoms with E-state index in [9.17, 15) is 0 Å². The van der Waals surface area contributed by atoms with Crippen molar-refractivity contribution in [2.45, 2.75) is 6.29 Å². The van der Waals surface area contributed by atoms with E-state index < -0.39 is 0 Å². The van der Waals surface area contributed by atoms with Gasteiger partial charge in [0, 0.05) is 28.7 Å². The van der Waals surface area contributed by atoms with Crippen LogP contribution in [-0.4, -0.2) is 14.2 Å². The third kappa shape index (κ3) is 3.06. The molecule has 13 heavy (non-hydrogen) atoms. The van der Waals surface area contributed by atoms with Gasteiger partial charge in [-0.2, -0.15) is 0 Å². The van der Waals surface area contributed by atoms with E-state index >= 15 is 0 Å². The van der Waals surface area contributed by atoms with Crippen molar-refractivity contribution in [3.63, 3.8) is 0 Å². The van der Waals surface area contributed by atoms with Gasteiger partial charge >= 0.3 is 0 Å². The average molecular weight is 310 g/mol. The van der Waals surface area contributed by atoms with E-state index in [1.165, 1.54) is 0 Å². The molecule has 0 unspecified atom stereocenters. The maximum atomic E-state index is 5.13. The third-order valence-corrected chi connectivity index (χ3v) is 2.50. The highest BCUT2D eigenvalue weighted by Crippen LogP contribution is 2.25. The summed E-state index contributed by atoms with van der Waals surface area (Å²) >= 11 is 6.80. The SMILES string of the molecule is COC(OC)c1cc(Br)cc(Br)c1. The maximum Gasteiger partial charge on any atom is 0.183 e. The van der Waals surface area contributed by atoms with Gasteiger partial charge in [-0.15, -0.1) is 0 Å². The molecule has 0 aliphatic heterocycles. The number of rotatable bonds is 3. The molecule has 0 saturated carbocycles. The molecular formula is C9H10Br2O2. The maximum absolute atomic E-state index is 5.13. The van der Waals surface area contributed by atoms with Crippen molar-refractivity contribution in [3.05, 3.63) is 32.7 Å². The molecule has 0 atom stereocenters. The highest BCUT2D eigenvalue weighted by Gasteiger charge is 2.09. The van der Waals surface area contributed by atoms with Crippen LogP contribution in [-0.2, 0) is 9.47 Å². The molecule has 2 nitrogen and oxygen atoms in total. The number of benzene rings is 1. The molecule has 1 aromatic carbocycles. The standard InChI is InChI=1S/C9H10Br2O2/c1-12-9(13-2)6-3-7(10)5-8(11)4-6/h3-5,9H,1-2H3. The lowest BCUT2D eigenvalue weighted by Gasteiger charge is -2.14. The zero-order valence-corrected chi connectivity index (χ0v) is 10.6. The van der Waals surface area contributed by atoms with Crippen LogP contribution in [0.3, 0.4) is 0 Å². The van der Waals surface area contributed by atoms with Crippen molar-refractivity contribution in [1.29, 1.82) is 0 Å². The number of halogens is 2. The Bertz CT molecular complexity index is 265. The first-order chi connectivity index (χ1) is 6.17. The first-order valence-corrected chi connectivity index (χ1v) is 5.27. The monoisotopic (exact) mass is 308 g/mol. The van der Waals surface area contributed by atoms with Crippen LogP contribution in [0.25, 0.3) is 0 Å². The fourth-order valence-corrected chi connectivity index (χ4v) is 2.41. The van der Waals surface area contributed by atoms with Crippen LogP contribution in [0.4, 0.5) is 0 Å². The minimum Gasteiger partial charge on any atom is -0.352 e. The Labute approximate surface area is 94.5 Å². The molecule has 0 amide bonds. The molecule has 0 saturated heterocycles. The molecule has 0 aliphatic rings. The quantitative estimate of drug-likeness (QED) is 0.796. The van der Waals surface area contributed by atoms with Crippen LogP contribution in [0.2, 0.25) is 0 Å². The summed E-state index contributed by atoms with van der Waals surface area (Å²) in [7, 11) is 3.23. The molecular weight excluding hydrogens is 300 g/mol. The molecule has 0 aromatic heterocycles. The topological polar surface area (TPSA) is 18.5 Å². The van der Waals surface area contributed by atoms with E-state index in [-0.39, 0.29) is 6.29 Å². The molecule has 1 rings (SSSR count). The van der Waals surface area contributed by atoms with Crippen LogP contribution in [0.1, 0.15) is 11.9 Å². The van der Waals surface area contributed by atoms with E-state index in [4.69, 9.17) is 9.47 Å². The van der Waals surface area contributed by atoms with E-state index in [1.807, 2.05) is 18.2 Å². The van der Waals surface area contributed by atoms with Crippen LogP contribution in [0, 0.1) is 0 Å². The molecule has 0 fully saturated rings. The van der Waals surface area contributed by atoms with Crippen molar-refractivity contribution >= 4 is 31.9 Å². The van der Waals surface area contributed by atoms with Gasteiger partial charge in [-0.3, -0.25) is 0 Å². The number of hydrogen-bond donors (Lipinski definition) is 0. The summed E-state index contributed by atoms with van der Waals surface area (Å²) in [6.07, 6.45) is -0.311. The molecule has 4 heteroatoms. The molecule has 1 aromatic rings. The highest BCUT2D eigenvalue weighted by molar-refractivity contribution is 9.11. The zero-order valence-electron chi connectivity index (χ0n) is 7.38. The Kier molecular flexibility index (Phi) is 4.38. The van der Waals surface area contributed by atoms with Gasteiger partial charge in [-0.05, 0) is 18.2 Å². The van der Waals surface area contributed by atoms with Gasteiger partial charge in [-0.25, -0.2) is 0 Å². The van der Waals surface area contributed by atoms with Gasteiger partial charge in [0.1, 0.15) is 0 Å². The summed E-state index contributed by atoms with van der Waals surface area (Å²) in [5, 5.41) is 0. The Hall–Kier alpha value is 0.1000. The van der Waals surface area contributed by atoms with Crippen LogP contribution in [0.15, 0.2) is 27.1 Å². The van der Waals surface area contributed by atoms with Gasteiger partial charge < -0.3 is 9.47 Å². The van der Waals surface area contributed by atoms with E-state index in [0.717, 1.165) is 14.5 Å². The minimum absolute atomic E-state index is 0.311. The van der Waals surface area contributed by atoms with Gasteiger partial charge in [0.2, 0.25) is 0 Å². The third-order valence-electron chi connectivity index (χ3n) is 1.59. The Balaban J connectivity index is 2.99. The summed E-state index contributed by atoms with van der Waals surface area (Å²) < 4.78 is 12.3. The van der Waals surface area contributed by atoms with Crippen molar-refractivity contribution in [1.82, 2.24) is 0 Å². The number of methoxy groups -OCH3 is 2. The van der Waals surface area contributed by atoms with Crippen molar-refractivity contribution in [2.75, 3.05) is 14.2 Å². The smallest absolute Gasteiger partial charge is 0.183 e. The van der Waals surface area contributed by atoms with E-state index in [1.54, 1.807) is 14.2 Å². The largest absolute Gasteiger partial charge is 0.352 e. The Morgan fingerprint density at radius 1 is 1.00 bits per heavy atom. The highest BCUT2D eigenvalue weighted by atomic mass is 79.9. The van der Waals surface area contributed by atoms with E-state index in [0.29, 0.717) is 0 Å². The second-order valence-corrected chi connectivity index (χ2v) is 4.34. The first-order valence-electron chi connectivity index (χ1n) is 3.69. The molecule has 0 radical (unpaired) electrons. The van der Waals surface area contributed by atoms with Crippen LogP contribution >= 0.6 is 31.9 Å². The lowest BCUT2D eigenvalue weighted by Crippen LogP contribution is -2.03. The minimum atomic E-state index is -0.311. The number of ether oxygens (including phenoxy) is 2. The zero-order chi connectivity index (χ0) is 9.84. The molecule has 0 aliphatic carbocycles. The fraction of sp³-hybridized carbons (Fsp3) is 0.333. The lowest BCUT2D eigenvalue weighted by molar-refractivity contribution is -0.106. The number of hydrogen-bond acceptors (Lipinski definition) is 2. The summed E-state index contributed by atoms with van der Waals surface area (Å²) in [5.74, 6) is 0. The molecule has 72 valence electrons. The predicted molar refractivity (Wildman–Crippen MR) is 58.6 cm³/mol. The fourth-order valence-electron chi connectivity index (χ4n) is 1.08. The summed E-state index contributed by atoms with van der Waals surface area (Å²) in [6.45, 7) is 0. The van der Waals surface area contributed by atoms with Gasteiger partial charge in [0.25, 0.3) is 0 Å². The Morgan fingerprint density at radius 2 is 1.46 bits per heavy atom. The second kappa shape index (κ2) is 5.10. The first kappa shape index (κ1) is 11.2. The summed E-state index contributed by atoms with van der Waals surface area (Å²) in [6, 6.07) is 5.89. The molecule has 0 bridgehead atoms. The van der Waals surface area contributed by atoms with Crippen molar-refractivity contribution in [3.8, 4) is 0 Å². The average Bonchev–Trinajstić information content (AvgIpc) is 2.04. The van der Waals surface area contributed by atoms with E-state index in [2.05, 4.69) is 31.9 Å². The Morgan fingerprint density at radius 3 is 1.85 bits per heavy atom. The molecule has 0 N–H and O–H groups in total. The van der Waals surface area contributed by atoms with Gasteiger partial charge in [0.05, 0.1) is 0 Å². The van der Waals surface area contributed by atoms with Crippen molar-refractivity contribution in [2.24, 2.45) is 0 Å². The van der Waals surface area contributed by atoms with Crippen molar-refractivity contribution < 1.29 is 9.47 Å². The molecule has 0 heterocycles. The van der Waals surface area contributed by atoms with Gasteiger partial charge in [-0.1, -0.05) is 31.9 Å². The van der Waals surface area contributed by atoms with Crippen LogP contribution in [0.5, 0.6) is 0 Å². The lowest BCUT2D eigenvalue weighted by atomic mass is 10.2. The molecule has 0 spiro atoms. The second-order valence-electron chi connectivity index (χ2n) is 2.51. The van der Waals surface area contributed by atoms with Gasteiger partial charge in [0.15, 0.2) is 6.29 Å². The normalized spacial score (nSPS) is 10.8. The predicted octanol–water partition coefficient (Wildman–Crippen LogP) is 3.50.